The maximum atomic E-state index is 12.8. The van der Waals surface area contributed by atoms with Crippen molar-refractivity contribution >= 4 is 11.7 Å². The zero-order valence-electron chi connectivity index (χ0n) is 15.6. The van der Waals surface area contributed by atoms with Crippen LogP contribution < -0.4 is 5.73 Å². The fourth-order valence-electron chi connectivity index (χ4n) is 4.65. The average molecular weight is 345 g/mol. The van der Waals surface area contributed by atoms with Crippen LogP contribution in [-0.2, 0) is 4.79 Å². The SMILES string of the molecule is Cc1cc(C(=O)CN2CCCCC2)c(C)n1[C@H]1CC[C@H](C(N)=O)CC1. The minimum atomic E-state index is -0.170. The first-order valence-corrected chi connectivity index (χ1v) is 9.70. The van der Waals surface area contributed by atoms with Crippen LogP contribution in [0.25, 0.3) is 0 Å². The highest BCUT2D eigenvalue weighted by molar-refractivity contribution is 5.99. The normalized spacial score (nSPS) is 25.0. The third kappa shape index (κ3) is 3.97. The molecule has 1 saturated heterocycles. The van der Waals surface area contributed by atoms with Crippen LogP contribution in [0.3, 0.4) is 0 Å². The van der Waals surface area contributed by atoms with Crippen molar-refractivity contribution in [1.29, 1.82) is 0 Å². The molecule has 0 unspecified atom stereocenters. The van der Waals surface area contributed by atoms with E-state index in [1.807, 2.05) is 0 Å². The molecule has 0 bridgehead atoms. The highest BCUT2D eigenvalue weighted by Gasteiger charge is 2.28. The number of aromatic nitrogens is 1. The quantitative estimate of drug-likeness (QED) is 0.834. The lowest BCUT2D eigenvalue weighted by molar-refractivity contribution is -0.122. The molecule has 138 valence electrons. The summed E-state index contributed by atoms with van der Waals surface area (Å²) in [5.74, 6) is 0.0940. The number of nitrogens with two attached hydrogens (primary N) is 1. The van der Waals surface area contributed by atoms with Crippen LogP contribution in [0.2, 0.25) is 0 Å². The van der Waals surface area contributed by atoms with Gasteiger partial charge >= 0.3 is 0 Å². The largest absolute Gasteiger partial charge is 0.369 e. The van der Waals surface area contributed by atoms with Crippen LogP contribution in [0.1, 0.15) is 72.7 Å². The molecule has 1 amide bonds. The van der Waals surface area contributed by atoms with Gasteiger partial charge < -0.3 is 10.3 Å². The Labute approximate surface area is 150 Å². The second-order valence-corrected chi connectivity index (χ2v) is 7.82. The van der Waals surface area contributed by atoms with Gasteiger partial charge in [-0.1, -0.05) is 6.42 Å². The molecule has 0 radical (unpaired) electrons. The van der Waals surface area contributed by atoms with Gasteiger partial charge in [-0.3, -0.25) is 14.5 Å². The van der Waals surface area contributed by atoms with E-state index in [0.717, 1.165) is 55.7 Å². The number of carbonyl (C=O) groups excluding carboxylic acids is 2. The molecule has 5 nitrogen and oxygen atoms in total. The van der Waals surface area contributed by atoms with Crippen molar-refractivity contribution in [2.75, 3.05) is 19.6 Å². The lowest BCUT2D eigenvalue weighted by atomic mass is 9.85. The Morgan fingerprint density at radius 1 is 1.08 bits per heavy atom. The maximum Gasteiger partial charge on any atom is 0.220 e. The van der Waals surface area contributed by atoms with Crippen LogP contribution in [0, 0.1) is 19.8 Å². The number of hydrogen-bond donors (Lipinski definition) is 1. The zero-order valence-corrected chi connectivity index (χ0v) is 15.6. The molecule has 3 rings (SSSR count). The van der Waals surface area contributed by atoms with Gasteiger partial charge in [0.05, 0.1) is 6.54 Å². The van der Waals surface area contributed by atoms with Crippen molar-refractivity contribution in [3.63, 3.8) is 0 Å². The third-order valence-corrected chi connectivity index (χ3v) is 6.06. The Morgan fingerprint density at radius 2 is 1.72 bits per heavy atom. The Morgan fingerprint density at radius 3 is 2.32 bits per heavy atom. The Balaban J connectivity index is 1.70. The summed E-state index contributed by atoms with van der Waals surface area (Å²) >= 11 is 0. The summed E-state index contributed by atoms with van der Waals surface area (Å²) in [6.45, 7) is 6.78. The molecule has 0 aromatic carbocycles. The minimum Gasteiger partial charge on any atom is -0.369 e. The molecule has 2 fully saturated rings. The van der Waals surface area contributed by atoms with Crippen molar-refractivity contribution in [3.8, 4) is 0 Å². The van der Waals surface area contributed by atoms with E-state index in [-0.39, 0.29) is 17.6 Å². The second kappa shape index (κ2) is 7.73. The molecule has 2 heterocycles. The number of hydrogen-bond acceptors (Lipinski definition) is 3. The van der Waals surface area contributed by atoms with Crippen LogP contribution >= 0.6 is 0 Å². The number of primary amides is 1. The maximum absolute atomic E-state index is 12.8. The molecular weight excluding hydrogens is 314 g/mol. The molecular formula is C20H31N3O2. The summed E-state index contributed by atoms with van der Waals surface area (Å²) in [4.78, 5) is 26.5. The number of ketones is 1. The molecule has 0 atom stereocenters. The number of carbonyl (C=O) groups is 2. The van der Waals surface area contributed by atoms with E-state index in [4.69, 9.17) is 5.73 Å². The van der Waals surface area contributed by atoms with E-state index in [9.17, 15) is 9.59 Å². The number of amides is 1. The summed E-state index contributed by atoms with van der Waals surface area (Å²) in [6, 6.07) is 2.44. The summed E-state index contributed by atoms with van der Waals surface area (Å²) in [5.41, 5.74) is 8.56. The second-order valence-electron chi connectivity index (χ2n) is 7.82. The van der Waals surface area contributed by atoms with E-state index in [1.54, 1.807) is 0 Å². The zero-order chi connectivity index (χ0) is 18.0. The van der Waals surface area contributed by atoms with Crippen LogP contribution in [0.15, 0.2) is 6.07 Å². The molecule has 2 aliphatic rings. The summed E-state index contributed by atoms with van der Waals surface area (Å²) in [5, 5.41) is 0. The lowest BCUT2D eigenvalue weighted by Crippen LogP contribution is -2.34. The molecule has 1 aromatic rings. The Hall–Kier alpha value is -1.62. The minimum absolute atomic E-state index is 0.0210. The van der Waals surface area contributed by atoms with E-state index in [1.165, 1.54) is 19.3 Å². The van der Waals surface area contributed by atoms with E-state index in [0.29, 0.717) is 12.6 Å². The third-order valence-electron chi connectivity index (χ3n) is 6.06. The Kier molecular flexibility index (Phi) is 5.62. The number of rotatable bonds is 5. The predicted octanol–water partition coefficient (Wildman–Crippen LogP) is 2.99. The first-order valence-electron chi connectivity index (χ1n) is 9.70. The molecule has 1 aliphatic heterocycles. The first kappa shape index (κ1) is 18.2. The van der Waals surface area contributed by atoms with Gasteiger partial charge in [0.1, 0.15) is 0 Å². The van der Waals surface area contributed by atoms with Crippen molar-refractivity contribution in [3.05, 3.63) is 23.0 Å². The topological polar surface area (TPSA) is 68.3 Å². The van der Waals surface area contributed by atoms with Crippen molar-refractivity contribution < 1.29 is 9.59 Å². The molecule has 1 aromatic heterocycles. The predicted molar refractivity (Wildman–Crippen MR) is 98.7 cm³/mol. The molecule has 0 spiro atoms. The smallest absolute Gasteiger partial charge is 0.220 e. The van der Waals surface area contributed by atoms with E-state index >= 15 is 0 Å². The highest BCUT2D eigenvalue weighted by Crippen LogP contribution is 2.35. The van der Waals surface area contributed by atoms with Gasteiger partial charge in [0.15, 0.2) is 5.78 Å². The van der Waals surface area contributed by atoms with Gasteiger partial charge in [0.2, 0.25) is 5.91 Å². The molecule has 1 saturated carbocycles. The number of piperidine rings is 1. The van der Waals surface area contributed by atoms with Crippen LogP contribution in [-0.4, -0.2) is 40.8 Å². The van der Waals surface area contributed by atoms with Gasteiger partial charge in [0.25, 0.3) is 0 Å². The number of Topliss-reactive ketones (excluding diaryl/α,β-unsaturated/α-hetero) is 1. The van der Waals surface area contributed by atoms with Gasteiger partial charge in [-0.05, 0) is 71.5 Å². The van der Waals surface area contributed by atoms with E-state index in [2.05, 4.69) is 29.4 Å². The van der Waals surface area contributed by atoms with Gasteiger partial charge in [-0.2, -0.15) is 0 Å². The van der Waals surface area contributed by atoms with E-state index < -0.39 is 0 Å². The first-order chi connectivity index (χ1) is 12.0. The summed E-state index contributed by atoms with van der Waals surface area (Å²) < 4.78 is 2.32. The Bertz CT molecular complexity index is 636. The van der Waals surface area contributed by atoms with Crippen LogP contribution in [0.5, 0.6) is 0 Å². The number of nitrogens with zero attached hydrogens (tertiary/aromatic N) is 2. The van der Waals surface area contributed by atoms with Crippen LogP contribution in [0.4, 0.5) is 0 Å². The molecule has 2 N–H and O–H groups in total. The number of likely N-dealkylation sites (tertiary alicyclic amines) is 1. The monoisotopic (exact) mass is 345 g/mol. The fraction of sp³-hybridized carbons (Fsp3) is 0.700. The van der Waals surface area contributed by atoms with Gasteiger partial charge in [0, 0.05) is 28.9 Å². The van der Waals surface area contributed by atoms with Crippen molar-refractivity contribution in [2.24, 2.45) is 11.7 Å². The summed E-state index contributed by atoms with van der Waals surface area (Å²) in [7, 11) is 0. The van der Waals surface area contributed by atoms with Gasteiger partial charge in [-0.15, -0.1) is 0 Å². The van der Waals surface area contributed by atoms with Crippen molar-refractivity contribution in [1.82, 2.24) is 9.47 Å². The molecule has 25 heavy (non-hydrogen) atoms. The standard InChI is InChI=1S/C20H31N3O2/c1-14-12-18(19(24)13-22-10-4-3-5-11-22)15(2)23(14)17-8-6-16(7-9-17)20(21)25/h12,16-17H,3-11,13H2,1-2H3,(H2,21,25)/t16-,17-. The van der Waals surface area contributed by atoms with Crippen molar-refractivity contribution in [2.45, 2.75) is 64.8 Å². The fourth-order valence-corrected chi connectivity index (χ4v) is 4.65. The number of aryl methyl sites for hydroxylation is 1. The lowest BCUT2D eigenvalue weighted by Gasteiger charge is -2.30. The molecule has 1 aliphatic carbocycles. The molecule has 5 heteroatoms. The highest BCUT2D eigenvalue weighted by atomic mass is 16.1. The average Bonchev–Trinajstić information content (AvgIpc) is 2.90. The van der Waals surface area contributed by atoms with Gasteiger partial charge in [-0.25, -0.2) is 0 Å². The summed E-state index contributed by atoms with van der Waals surface area (Å²) in [6.07, 6.45) is 7.33.